The van der Waals surface area contributed by atoms with Crippen molar-refractivity contribution in [2.45, 2.75) is 26.4 Å². The van der Waals surface area contributed by atoms with E-state index < -0.39 is 11.6 Å². The molecule has 1 aromatic heterocycles. The van der Waals surface area contributed by atoms with Crippen LogP contribution in [0.15, 0.2) is 18.7 Å². The minimum Gasteiger partial charge on any atom is -0.493 e. The number of thiophene rings is 1. The van der Waals surface area contributed by atoms with E-state index in [-0.39, 0.29) is 6.61 Å². The summed E-state index contributed by atoms with van der Waals surface area (Å²) in [5.74, 6) is -0.117. The molecule has 0 amide bonds. The van der Waals surface area contributed by atoms with Gasteiger partial charge in [-0.3, -0.25) is 0 Å². The highest BCUT2D eigenvalue weighted by Gasteiger charge is 2.35. The first-order chi connectivity index (χ1) is 8.43. The van der Waals surface area contributed by atoms with Crippen molar-refractivity contribution in [3.63, 3.8) is 0 Å². The summed E-state index contributed by atoms with van der Waals surface area (Å²) in [6.07, 6.45) is 0. The van der Waals surface area contributed by atoms with Gasteiger partial charge in [0, 0.05) is 4.88 Å². The van der Waals surface area contributed by atoms with Gasteiger partial charge in [-0.05, 0) is 32.9 Å². The first-order valence-electron chi connectivity index (χ1n) is 5.75. The minimum atomic E-state index is -1.63. The molecule has 0 radical (unpaired) electrons. The highest BCUT2D eigenvalue weighted by molar-refractivity contribution is 7.13. The van der Waals surface area contributed by atoms with E-state index in [0.717, 1.165) is 4.88 Å². The van der Waals surface area contributed by atoms with Gasteiger partial charge < -0.3 is 14.6 Å². The second-order valence-electron chi connectivity index (χ2n) is 3.81. The van der Waals surface area contributed by atoms with Crippen LogP contribution in [0.3, 0.4) is 0 Å². The molecule has 100 valence electrons. The molecular weight excluding hydrogens is 252 g/mol. The largest absolute Gasteiger partial charge is 0.493 e. The van der Waals surface area contributed by atoms with Crippen molar-refractivity contribution in [3.05, 3.63) is 28.5 Å². The fourth-order valence-electron chi connectivity index (χ4n) is 1.37. The van der Waals surface area contributed by atoms with Crippen molar-refractivity contribution in [2.75, 3.05) is 13.2 Å². The second-order valence-corrected chi connectivity index (χ2v) is 4.90. The monoisotopic (exact) mass is 270 g/mol. The molecule has 18 heavy (non-hydrogen) atoms. The van der Waals surface area contributed by atoms with E-state index in [2.05, 4.69) is 6.58 Å². The molecule has 1 aromatic rings. The van der Waals surface area contributed by atoms with Gasteiger partial charge >= 0.3 is 5.97 Å². The molecule has 0 aliphatic heterocycles. The standard InChI is InChI=1S/C13H18O4S/c1-5-16-9(3)10-7-8-11(18-10)13(4,15)12(14)17-6-2/h7-8,15H,3,5-6H2,1-2,4H3/t13-/m1/s1. The molecule has 0 fully saturated rings. The molecule has 0 aromatic carbocycles. The summed E-state index contributed by atoms with van der Waals surface area (Å²) in [7, 11) is 0. The summed E-state index contributed by atoms with van der Waals surface area (Å²) < 4.78 is 10.1. The highest BCUT2D eigenvalue weighted by Crippen LogP contribution is 2.32. The van der Waals surface area contributed by atoms with E-state index in [4.69, 9.17) is 9.47 Å². The van der Waals surface area contributed by atoms with Gasteiger partial charge in [-0.15, -0.1) is 11.3 Å². The summed E-state index contributed by atoms with van der Waals surface area (Å²) in [6.45, 7) is 9.53. The Morgan fingerprint density at radius 1 is 1.39 bits per heavy atom. The molecular formula is C13H18O4S. The second kappa shape index (κ2) is 6.02. The summed E-state index contributed by atoms with van der Waals surface area (Å²) in [5, 5.41) is 10.2. The number of rotatable bonds is 6. The number of ether oxygens (including phenoxy) is 2. The molecule has 1 atom stereocenters. The topological polar surface area (TPSA) is 55.8 Å². The zero-order chi connectivity index (χ0) is 13.8. The van der Waals surface area contributed by atoms with Crippen molar-refractivity contribution < 1.29 is 19.4 Å². The SMILES string of the molecule is C=C(OCC)c1ccc([C@@](C)(O)C(=O)OCC)s1. The Labute approximate surface area is 111 Å². The van der Waals surface area contributed by atoms with Gasteiger partial charge in [0.25, 0.3) is 0 Å². The zero-order valence-corrected chi connectivity index (χ0v) is 11.7. The molecule has 1 rings (SSSR count). The van der Waals surface area contributed by atoms with Crippen LogP contribution in [0.4, 0.5) is 0 Å². The quantitative estimate of drug-likeness (QED) is 0.637. The molecule has 0 aliphatic carbocycles. The maximum absolute atomic E-state index is 11.7. The number of hydrogen-bond acceptors (Lipinski definition) is 5. The average molecular weight is 270 g/mol. The van der Waals surface area contributed by atoms with E-state index in [0.29, 0.717) is 17.2 Å². The van der Waals surface area contributed by atoms with E-state index >= 15 is 0 Å². The molecule has 0 spiro atoms. The summed E-state index contributed by atoms with van der Waals surface area (Å²) in [4.78, 5) is 13.0. The van der Waals surface area contributed by atoms with Gasteiger partial charge in [-0.1, -0.05) is 6.58 Å². The number of carbonyl (C=O) groups is 1. The Kier molecular flexibility index (Phi) is 4.93. The molecule has 0 unspecified atom stereocenters. The van der Waals surface area contributed by atoms with E-state index in [9.17, 15) is 9.90 Å². The van der Waals surface area contributed by atoms with Crippen LogP contribution in [0, 0.1) is 0 Å². The zero-order valence-electron chi connectivity index (χ0n) is 10.9. The van der Waals surface area contributed by atoms with Crippen molar-refractivity contribution in [1.82, 2.24) is 0 Å². The van der Waals surface area contributed by atoms with E-state index in [1.54, 1.807) is 19.1 Å². The van der Waals surface area contributed by atoms with Crippen molar-refractivity contribution >= 4 is 23.1 Å². The number of carbonyl (C=O) groups excluding carboxylic acids is 1. The highest BCUT2D eigenvalue weighted by atomic mass is 32.1. The Morgan fingerprint density at radius 2 is 2.00 bits per heavy atom. The van der Waals surface area contributed by atoms with Crippen LogP contribution < -0.4 is 0 Å². The van der Waals surface area contributed by atoms with Crippen molar-refractivity contribution in [1.29, 1.82) is 0 Å². The molecule has 0 saturated heterocycles. The third-order valence-electron chi connectivity index (χ3n) is 2.35. The van der Waals surface area contributed by atoms with Gasteiger partial charge in [0.2, 0.25) is 0 Å². The lowest BCUT2D eigenvalue weighted by Crippen LogP contribution is -2.33. The molecule has 5 heteroatoms. The molecule has 1 heterocycles. The molecule has 4 nitrogen and oxygen atoms in total. The van der Waals surface area contributed by atoms with Crippen LogP contribution in [0.1, 0.15) is 30.5 Å². The maximum Gasteiger partial charge on any atom is 0.343 e. The van der Waals surface area contributed by atoms with Crippen LogP contribution in [-0.2, 0) is 19.9 Å². The summed E-state index contributed by atoms with van der Waals surface area (Å²) in [6, 6.07) is 3.45. The van der Waals surface area contributed by atoms with Gasteiger partial charge in [0.15, 0.2) is 5.60 Å². The molecule has 0 bridgehead atoms. The van der Waals surface area contributed by atoms with Crippen molar-refractivity contribution in [2.24, 2.45) is 0 Å². The van der Waals surface area contributed by atoms with Crippen LogP contribution in [-0.4, -0.2) is 24.3 Å². The average Bonchev–Trinajstić information content (AvgIpc) is 2.79. The Morgan fingerprint density at radius 3 is 2.56 bits per heavy atom. The lowest BCUT2D eigenvalue weighted by molar-refractivity contribution is -0.163. The summed E-state index contributed by atoms with van der Waals surface area (Å²) >= 11 is 1.27. The van der Waals surface area contributed by atoms with E-state index in [1.807, 2.05) is 6.92 Å². The van der Waals surface area contributed by atoms with Crippen LogP contribution in [0.2, 0.25) is 0 Å². The predicted octanol–water partition coefficient (Wildman–Crippen LogP) is 2.53. The third-order valence-corrected chi connectivity index (χ3v) is 3.69. The fourth-order valence-corrected chi connectivity index (χ4v) is 2.33. The Bertz CT molecular complexity index is 434. The fraction of sp³-hybridized carbons (Fsp3) is 0.462. The maximum atomic E-state index is 11.7. The molecule has 0 saturated carbocycles. The van der Waals surface area contributed by atoms with Crippen LogP contribution in [0.25, 0.3) is 5.76 Å². The third kappa shape index (κ3) is 3.11. The molecule has 1 N–H and O–H groups in total. The van der Waals surface area contributed by atoms with Gasteiger partial charge in [-0.2, -0.15) is 0 Å². The van der Waals surface area contributed by atoms with Gasteiger partial charge in [-0.25, -0.2) is 4.79 Å². The predicted molar refractivity (Wildman–Crippen MR) is 71.2 cm³/mol. The number of aliphatic hydroxyl groups is 1. The van der Waals surface area contributed by atoms with Gasteiger partial charge in [0.05, 0.1) is 18.1 Å². The Hall–Kier alpha value is -1.33. The minimum absolute atomic E-state index is 0.235. The van der Waals surface area contributed by atoms with E-state index in [1.165, 1.54) is 18.3 Å². The number of esters is 1. The van der Waals surface area contributed by atoms with Crippen molar-refractivity contribution in [3.8, 4) is 0 Å². The lowest BCUT2D eigenvalue weighted by atomic mass is 10.1. The Balaban J connectivity index is 2.90. The first kappa shape index (κ1) is 14.7. The van der Waals surface area contributed by atoms with Crippen LogP contribution in [0.5, 0.6) is 0 Å². The lowest BCUT2D eigenvalue weighted by Gasteiger charge is -2.19. The summed E-state index contributed by atoms with van der Waals surface area (Å²) in [5.41, 5.74) is -1.63. The number of hydrogen-bond donors (Lipinski definition) is 1. The van der Waals surface area contributed by atoms with Crippen LogP contribution >= 0.6 is 11.3 Å². The smallest absolute Gasteiger partial charge is 0.343 e. The van der Waals surface area contributed by atoms with Gasteiger partial charge in [0.1, 0.15) is 5.76 Å². The first-order valence-corrected chi connectivity index (χ1v) is 6.57. The normalized spacial score (nSPS) is 13.8. The molecule has 0 aliphatic rings.